The molecule has 2 aromatic carbocycles. The molecule has 1 unspecified atom stereocenters. The summed E-state index contributed by atoms with van der Waals surface area (Å²) in [5.74, 6) is -0.385. The summed E-state index contributed by atoms with van der Waals surface area (Å²) in [5.41, 5.74) is 2.98. The number of rotatable bonds is 2. The van der Waals surface area contributed by atoms with Gasteiger partial charge in [-0.3, -0.25) is 9.59 Å². The molecule has 0 saturated heterocycles. The van der Waals surface area contributed by atoms with Crippen molar-refractivity contribution in [1.82, 2.24) is 0 Å². The molecule has 0 spiro atoms. The lowest BCUT2D eigenvalue weighted by Crippen LogP contribution is -2.12. The van der Waals surface area contributed by atoms with Crippen LogP contribution in [0, 0.1) is 0 Å². The van der Waals surface area contributed by atoms with Gasteiger partial charge < -0.3 is 10.6 Å². The van der Waals surface area contributed by atoms with Crippen LogP contribution in [0.3, 0.4) is 0 Å². The predicted octanol–water partition coefficient (Wildman–Crippen LogP) is 3.76. The van der Waals surface area contributed by atoms with E-state index >= 15 is 0 Å². The van der Waals surface area contributed by atoms with Crippen molar-refractivity contribution in [3.63, 3.8) is 0 Å². The predicted molar refractivity (Wildman–Crippen MR) is 85.6 cm³/mol. The van der Waals surface area contributed by atoms with Crippen LogP contribution in [0.25, 0.3) is 0 Å². The van der Waals surface area contributed by atoms with Crippen LogP contribution < -0.4 is 10.6 Å². The molecule has 0 bridgehead atoms. The number of nitrogens with one attached hydrogen (secondary N) is 2. The van der Waals surface area contributed by atoms with E-state index in [9.17, 15) is 9.59 Å². The number of benzene rings is 2. The zero-order chi connectivity index (χ0) is 15.0. The summed E-state index contributed by atoms with van der Waals surface area (Å²) in [6.07, 6.45) is 0. The fourth-order valence-corrected chi connectivity index (χ4v) is 2.73. The summed E-state index contributed by atoms with van der Waals surface area (Å²) in [6, 6.07) is 12.6. The Morgan fingerprint density at radius 1 is 1.24 bits per heavy atom. The normalized spacial score (nSPS) is 16.3. The van der Waals surface area contributed by atoms with Crippen molar-refractivity contribution >= 4 is 39.1 Å². The van der Waals surface area contributed by atoms with Gasteiger partial charge in [-0.15, -0.1) is 0 Å². The average molecular weight is 345 g/mol. The minimum absolute atomic E-state index is 0.0135. The maximum Gasteiger partial charge on any atom is 0.255 e. The van der Waals surface area contributed by atoms with E-state index in [4.69, 9.17) is 0 Å². The van der Waals surface area contributed by atoms with E-state index < -0.39 is 0 Å². The molecule has 2 N–H and O–H groups in total. The molecule has 0 aliphatic carbocycles. The van der Waals surface area contributed by atoms with E-state index in [0.29, 0.717) is 11.3 Å². The first-order chi connectivity index (χ1) is 10.0. The SMILES string of the molecule is CC1C(=O)Nc2ccc(NC(=O)c3cccc(Br)c3)cc21. The van der Waals surface area contributed by atoms with Gasteiger partial charge >= 0.3 is 0 Å². The average Bonchev–Trinajstić information content (AvgIpc) is 2.74. The second-order valence-electron chi connectivity index (χ2n) is 4.98. The smallest absolute Gasteiger partial charge is 0.255 e. The van der Waals surface area contributed by atoms with Gasteiger partial charge in [0.05, 0.1) is 5.92 Å². The number of carbonyl (C=O) groups is 2. The molecule has 21 heavy (non-hydrogen) atoms. The Kier molecular flexibility index (Phi) is 3.51. The van der Waals surface area contributed by atoms with Crippen LogP contribution in [0.5, 0.6) is 0 Å². The second-order valence-corrected chi connectivity index (χ2v) is 5.89. The lowest BCUT2D eigenvalue weighted by Gasteiger charge is -2.08. The van der Waals surface area contributed by atoms with Crippen LogP contribution in [0.15, 0.2) is 46.9 Å². The number of halogens is 1. The third kappa shape index (κ3) is 2.69. The van der Waals surface area contributed by atoms with Crippen molar-refractivity contribution in [2.45, 2.75) is 12.8 Å². The molecule has 3 rings (SSSR count). The highest BCUT2D eigenvalue weighted by Crippen LogP contribution is 2.34. The fraction of sp³-hybridized carbons (Fsp3) is 0.125. The van der Waals surface area contributed by atoms with Crippen LogP contribution in [0.2, 0.25) is 0 Å². The highest BCUT2D eigenvalue weighted by Gasteiger charge is 2.26. The number of amides is 2. The van der Waals surface area contributed by atoms with Crippen molar-refractivity contribution in [3.05, 3.63) is 58.1 Å². The Hall–Kier alpha value is -2.14. The lowest BCUT2D eigenvalue weighted by atomic mass is 10.0. The number of hydrogen-bond donors (Lipinski definition) is 2. The maximum absolute atomic E-state index is 12.2. The third-order valence-corrected chi connectivity index (χ3v) is 4.01. The van der Waals surface area contributed by atoms with E-state index in [0.717, 1.165) is 15.7 Å². The van der Waals surface area contributed by atoms with Crippen molar-refractivity contribution < 1.29 is 9.59 Å². The fourth-order valence-electron chi connectivity index (χ4n) is 2.33. The minimum Gasteiger partial charge on any atom is -0.325 e. The van der Waals surface area contributed by atoms with Gasteiger partial charge in [-0.2, -0.15) is 0 Å². The van der Waals surface area contributed by atoms with Gasteiger partial charge in [-0.1, -0.05) is 22.0 Å². The molecule has 1 aliphatic rings. The summed E-state index contributed by atoms with van der Waals surface area (Å²) in [6.45, 7) is 1.85. The van der Waals surface area contributed by atoms with Gasteiger partial charge in [-0.05, 0) is 48.9 Å². The van der Waals surface area contributed by atoms with Crippen LogP contribution in [0.4, 0.5) is 11.4 Å². The topological polar surface area (TPSA) is 58.2 Å². The summed E-state index contributed by atoms with van der Waals surface area (Å²) < 4.78 is 0.854. The third-order valence-electron chi connectivity index (χ3n) is 3.51. The molecule has 0 radical (unpaired) electrons. The first-order valence-corrected chi connectivity index (χ1v) is 7.35. The highest BCUT2D eigenvalue weighted by molar-refractivity contribution is 9.10. The monoisotopic (exact) mass is 344 g/mol. The van der Waals surface area contributed by atoms with Gasteiger partial charge in [0.1, 0.15) is 0 Å². The molecule has 0 aromatic heterocycles. The van der Waals surface area contributed by atoms with Crippen molar-refractivity contribution in [2.75, 3.05) is 10.6 Å². The number of anilines is 2. The van der Waals surface area contributed by atoms with Gasteiger partial charge in [0, 0.05) is 21.4 Å². The number of hydrogen-bond acceptors (Lipinski definition) is 2. The molecule has 5 heteroatoms. The Morgan fingerprint density at radius 3 is 2.81 bits per heavy atom. The zero-order valence-corrected chi connectivity index (χ0v) is 12.9. The Balaban J connectivity index is 1.83. The molecular weight excluding hydrogens is 332 g/mol. The van der Waals surface area contributed by atoms with Gasteiger partial charge in [0.2, 0.25) is 5.91 Å². The van der Waals surface area contributed by atoms with Crippen molar-refractivity contribution in [1.29, 1.82) is 0 Å². The highest BCUT2D eigenvalue weighted by atomic mass is 79.9. The van der Waals surface area contributed by atoms with Crippen molar-refractivity contribution in [3.8, 4) is 0 Å². The van der Waals surface area contributed by atoms with Gasteiger partial charge in [0.25, 0.3) is 5.91 Å². The van der Waals surface area contributed by atoms with Crippen LogP contribution in [0.1, 0.15) is 28.8 Å². The summed E-state index contributed by atoms with van der Waals surface area (Å²) in [7, 11) is 0. The largest absolute Gasteiger partial charge is 0.325 e. The molecule has 4 nitrogen and oxygen atoms in total. The molecule has 106 valence electrons. The summed E-state index contributed by atoms with van der Waals surface area (Å²) in [5, 5.41) is 5.66. The van der Waals surface area contributed by atoms with E-state index in [1.807, 2.05) is 31.2 Å². The summed E-state index contributed by atoms with van der Waals surface area (Å²) in [4.78, 5) is 23.8. The molecule has 2 amide bonds. The van der Waals surface area contributed by atoms with Crippen LogP contribution in [-0.2, 0) is 4.79 Å². The first kappa shape index (κ1) is 13.8. The molecule has 0 fully saturated rings. The van der Waals surface area contributed by atoms with Crippen molar-refractivity contribution in [2.24, 2.45) is 0 Å². The maximum atomic E-state index is 12.2. The Labute approximate surface area is 130 Å². The van der Waals surface area contributed by atoms with Gasteiger partial charge in [-0.25, -0.2) is 0 Å². The number of fused-ring (bicyclic) bond motifs is 1. The standard InChI is InChI=1S/C16H13BrN2O2/c1-9-13-8-12(5-6-14(13)19-15(9)20)18-16(21)10-3-2-4-11(17)7-10/h2-9H,1H3,(H,18,21)(H,19,20). The zero-order valence-electron chi connectivity index (χ0n) is 11.3. The Morgan fingerprint density at radius 2 is 2.05 bits per heavy atom. The van der Waals surface area contributed by atoms with E-state index in [-0.39, 0.29) is 17.7 Å². The molecular formula is C16H13BrN2O2. The number of carbonyl (C=O) groups excluding carboxylic acids is 2. The minimum atomic E-state index is -0.192. The van der Waals surface area contributed by atoms with Gasteiger partial charge in [0.15, 0.2) is 0 Å². The molecule has 2 aromatic rings. The lowest BCUT2D eigenvalue weighted by molar-refractivity contribution is -0.116. The molecule has 0 saturated carbocycles. The molecule has 1 atom stereocenters. The van der Waals surface area contributed by atoms with Crippen LogP contribution in [-0.4, -0.2) is 11.8 Å². The Bertz CT molecular complexity index is 743. The van der Waals surface area contributed by atoms with E-state index in [1.165, 1.54) is 0 Å². The quantitative estimate of drug-likeness (QED) is 0.871. The first-order valence-electron chi connectivity index (χ1n) is 6.56. The molecule has 1 aliphatic heterocycles. The van der Waals surface area contributed by atoms with E-state index in [2.05, 4.69) is 26.6 Å². The second kappa shape index (κ2) is 5.33. The van der Waals surface area contributed by atoms with E-state index in [1.54, 1.807) is 18.2 Å². The summed E-state index contributed by atoms with van der Waals surface area (Å²) >= 11 is 3.35. The van der Waals surface area contributed by atoms with Crippen LogP contribution >= 0.6 is 15.9 Å². The molecule has 1 heterocycles.